The SMILES string of the molecule is C[C@@]1(NC(=O)CCCN2C(=O)c3ccccc3C2=O)CCS(=O)(=O)C1. The zero-order valence-electron chi connectivity index (χ0n) is 13.9. The largest absolute Gasteiger partial charge is 0.350 e. The van der Waals surface area contributed by atoms with E-state index in [0.717, 1.165) is 4.90 Å². The lowest BCUT2D eigenvalue weighted by Gasteiger charge is -2.24. The van der Waals surface area contributed by atoms with Crippen LogP contribution in [0.1, 0.15) is 46.9 Å². The predicted octanol–water partition coefficient (Wildman–Crippen LogP) is 0.756. The first kappa shape index (κ1) is 17.6. The van der Waals surface area contributed by atoms with E-state index in [1.807, 2.05) is 0 Å². The Morgan fingerprint density at radius 3 is 2.32 bits per heavy atom. The Hall–Kier alpha value is -2.22. The van der Waals surface area contributed by atoms with Gasteiger partial charge in [0.15, 0.2) is 9.84 Å². The molecule has 1 N–H and O–H groups in total. The zero-order valence-corrected chi connectivity index (χ0v) is 14.8. The van der Waals surface area contributed by atoms with Crippen LogP contribution in [0, 0.1) is 0 Å². The van der Waals surface area contributed by atoms with Gasteiger partial charge in [-0.05, 0) is 31.9 Å². The molecule has 0 saturated carbocycles. The van der Waals surface area contributed by atoms with Gasteiger partial charge in [-0.3, -0.25) is 19.3 Å². The first-order valence-electron chi connectivity index (χ1n) is 8.17. The summed E-state index contributed by atoms with van der Waals surface area (Å²) in [6.07, 6.45) is 0.864. The second kappa shape index (κ2) is 6.25. The van der Waals surface area contributed by atoms with Crippen molar-refractivity contribution in [3.05, 3.63) is 35.4 Å². The maximum Gasteiger partial charge on any atom is 0.261 e. The predicted molar refractivity (Wildman–Crippen MR) is 90.9 cm³/mol. The molecule has 2 aliphatic heterocycles. The summed E-state index contributed by atoms with van der Waals surface area (Å²) in [4.78, 5) is 37.7. The highest BCUT2D eigenvalue weighted by molar-refractivity contribution is 7.91. The van der Waals surface area contributed by atoms with Crippen LogP contribution in [0.15, 0.2) is 24.3 Å². The van der Waals surface area contributed by atoms with E-state index in [2.05, 4.69) is 5.32 Å². The van der Waals surface area contributed by atoms with E-state index >= 15 is 0 Å². The monoisotopic (exact) mass is 364 g/mol. The molecule has 0 radical (unpaired) electrons. The molecule has 1 fully saturated rings. The highest BCUT2D eigenvalue weighted by atomic mass is 32.2. The van der Waals surface area contributed by atoms with E-state index in [-0.39, 0.29) is 42.2 Å². The molecule has 3 rings (SSSR count). The van der Waals surface area contributed by atoms with Crippen molar-refractivity contribution in [2.24, 2.45) is 0 Å². The maximum absolute atomic E-state index is 12.2. The summed E-state index contributed by atoms with van der Waals surface area (Å²) in [5, 5.41) is 2.77. The molecule has 7 nitrogen and oxygen atoms in total. The molecule has 0 aromatic heterocycles. The average Bonchev–Trinajstić information content (AvgIpc) is 2.95. The summed E-state index contributed by atoms with van der Waals surface area (Å²) in [7, 11) is -3.09. The topological polar surface area (TPSA) is 101 Å². The first-order chi connectivity index (χ1) is 11.7. The van der Waals surface area contributed by atoms with Crippen LogP contribution in [0.2, 0.25) is 0 Å². The van der Waals surface area contributed by atoms with Crippen LogP contribution in [0.25, 0.3) is 0 Å². The number of carbonyl (C=O) groups is 3. The average molecular weight is 364 g/mol. The minimum atomic E-state index is -3.09. The quantitative estimate of drug-likeness (QED) is 0.777. The van der Waals surface area contributed by atoms with Gasteiger partial charge in [0.1, 0.15) is 0 Å². The maximum atomic E-state index is 12.2. The van der Waals surface area contributed by atoms with Gasteiger partial charge in [0.25, 0.3) is 11.8 Å². The number of nitrogens with zero attached hydrogens (tertiary/aromatic N) is 1. The Balaban J connectivity index is 1.52. The molecule has 1 aromatic rings. The van der Waals surface area contributed by atoms with Crippen LogP contribution in [-0.2, 0) is 14.6 Å². The van der Waals surface area contributed by atoms with Crippen molar-refractivity contribution in [2.45, 2.75) is 31.7 Å². The molecule has 8 heteroatoms. The Morgan fingerprint density at radius 2 is 1.80 bits per heavy atom. The lowest BCUT2D eigenvalue weighted by Crippen LogP contribution is -2.47. The molecular weight excluding hydrogens is 344 g/mol. The van der Waals surface area contributed by atoms with E-state index in [1.165, 1.54) is 0 Å². The zero-order chi connectivity index (χ0) is 18.2. The molecule has 134 valence electrons. The fourth-order valence-electron chi connectivity index (χ4n) is 3.35. The Bertz CT molecular complexity index is 813. The number of rotatable bonds is 5. The molecule has 1 atom stereocenters. The van der Waals surface area contributed by atoms with Crippen LogP contribution in [0.5, 0.6) is 0 Å². The van der Waals surface area contributed by atoms with E-state index in [1.54, 1.807) is 31.2 Å². The number of benzene rings is 1. The van der Waals surface area contributed by atoms with Gasteiger partial charge in [-0.1, -0.05) is 12.1 Å². The molecule has 2 heterocycles. The summed E-state index contributed by atoms with van der Waals surface area (Å²) >= 11 is 0. The van der Waals surface area contributed by atoms with Crippen LogP contribution in [0.4, 0.5) is 0 Å². The number of amides is 3. The molecule has 1 saturated heterocycles. The van der Waals surface area contributed by atoms with E-state index in [9.17, 15) is 22.8 Å². The van der Waals surface area contributed by atoms with Crippen LogP contribution < -0.4 is 5.32 Å². The second-order valence-corrected chi connectivity index (χ2v) is 9.05. The number of hydrogen-bond donors (Lipinski definition) is 1. The van der Waals surface area contributed by atoms with Gasteiger partial charge in [-0.15, -0.1) is 0 Å². The van der Waals surface area contributed by atoms with Crippen molar-refractivity contribution in [3.63, 3.8) is 0 Å². The van der Waals surface area contributed by atoms with Crippen LogP contribution in [0.3, 0.4) is 0 Å². The van der Waals surface area contributed by atoms with Gasteiger partial charge in [-0.25, -0.2) is 8.42 Å². The highest BCUT2D eigenvalue weighted by Crippen LogP contribution is 2.24. The number of fused-ring (bicyclic) bond motifs is 1. The van der Waals surface area contributed by atoms with Crippen molar-refractivity contribution >= 4 is 27.6 Å². The van der Waals surface area contributed by atoms with Gasteiger partial charge in [-0.2, -0.15) is 0 Å². The first-order valence-corrected chi connectivity index (χ1v) is 10.00. The molecule has 25 heavy (non-hydrogen) atoms. The number of hydrogen-bond acceptors (Lipinski definition) is 5. The Kier molecular flexibility index (Phi) is 4.40. The lowest BCUT2D eigenvalue weighted by molar-refractivity contribution is -0.122. The second-order valence-electron chi connectivity index (χ2n) is 6.86. The summed E-state index contributed by atoms with van der Waals surface area (Å²) in [5.74, 6) is -0.913. The van der Waals surface area contributed by atoms with Gasteiger partial charge >= 0.3 is 0 Å². The van der Waals surface area contributed by atoms with Crippen molar-refractivity contribution in [3.8, 4) is 0 Å². The fourth-order valence-corrected chi connectivity index (χ4v) is 5.44. The summed E-state index contributed by atoms with van der Waals surface area (Å²) in [6, 6.07) is 6.64. The van der Waals surface area contributed by atoms with E-state index in [4.69, 9.17) is 0 Å². The Labute approximate surface area is 146 Å². The van der Waals surface area contributed by atoms with Crippen molar-refractivity contribution < 1.29 is 22.8 Å². The highest BCUT2D eigenvalue weighted by Gasteiger charge is 2.39. The standard InChI is InChI=1S/C17H20N2O5S/c1-17(8-10-25(23,24)11-17)18-14(20)7-4-9-19-15(21)12-5-2-3-6-13(12)16(19)22/h2-3,5-6H,4,7-11H2,1H3,(H,18,20)/t17-/m1/s1. The smallest absolute Gasteiger partial charge is 0.261 e. The normalized spacial score (nSPS) is 24.4. The summed E-state index contributed by atoms with van der Waals surface area (Å²) < 4.78 is 23.1. The van der Waals surface area contributed by atoms with Crippen LogP contribution in [-0.4, -0.2) is 54.6 Å². The third-order valence-electron chi connectivity index (χ3n) is 4.61. The molecule has 3 amide bonds. The number of sulfone groups is 1. The molecule has 0 spiro atoms. The lowest BCUT2D eigenvalue weighted by atomic mass is 10.0. The van der Waals surface area contributed by atoms with Crippen LogP contribution >= 0.6 is 0 Å². The minimum absolute atomic E-state index is 0.0514. The number of nitrogens with one attached hydrogen (secondary N) is 1. The summed E-state index contributed by atoms with van der Waals surface area (Å²) in [6.45, 7) is 1.88. The van der Waals surface area contributed by atoms with Crippen molar-refractivity contribution in [1.29, 1.82) is 0 Å². The Morgan fingerprint density at radius 1 is 1.20 bits per heavy atom. The molecular formula is C17H20N2O5S. The van der Waals surface area contributed by atoms with Gasteiger partial charge in [0.05, 0.1) is 28.2 Å². The number of imide groups is 1. The molecule has 1 aromatic carbocycles. The minimum Gasteiger partial charge on any atom is -0.350 e. The third-order valence-corrected chi connectivity index (χ3v) is 6.51. The van der Waals surface area contributed by atoms with E-state index < -0.39 is 15.4 Å². The van der Waals surface area contributed by atoms with E-state index in [0.29, 0.717) is 24.0 Å². The molecule has 0 aliphatic carbocycles. The van der Waals surface area contributed by atoms with Gasteiger partial charge in [0, 0.05) is 13.0 Å². The summed E-state index contributed by atoms with van der Waals surface area (Å²) in [5.41, 5.74) is 0.0482. The molecule has 0 unspecified atom stereocenters. The van der Waals surface area contributed by atoms with Crippen molar-refractivity contribution in [1.82, 2.24) is 10.2 Å². The fraction of sp³-hybridized carbons (Fsp3) is 0.471. The number of carbonyl (C=O) groups excluding carboxylic acids is 3. The third kappa shape index (κ3) is 3.58. The molecule has 2 aliphatic rings. The van der Waals surface area contributed by atoms with Crippen molar-refractivity contribution in [2.75, 3.05) is 18.1 Å². The van der Waals surface area contributed by atoms with Gasteiger partial charge in [0.2, 0.25) is 5.91 Å². The van der Waals surface area contributed by atoms with Gasteiger partial charge < -0.3 is 5.32 Å². The molecule has 0 bridgehead atoms.